The summed E-state index contributed by atoms with van der Waals surface area (Å²) in [7, 11) is 0. The highest BCUT2D eigenvalue weighted by atomic mass is 32.1. The Hall–Kier alpha value is -3.27. The van der Waals surface area contributed by atoms with Crippen LogP contribution >= 0.6 is 11.3 Å². The normalized spacial score (nSPS) is 19.4. The Bertz CT molecular complexity index is 1210. The number of rotatable bonds is 8. The fourth-order valence-electron chi connectivity index (χ4n) is 4.38. The molecular weight excluding hydrogens is 450 g/mol. The summed E-state index contributed by atoms with van der Waals surface area (Å²) in [5.74, 6) is 1.84. The van der Waals surface area contributed by atoms with Crippen LogP contribution in [0.4, 0.5) is 10.9 Å². The van der Waals surface area contributed by atoms with Crippen molar-refractivity contribution in [3.05, 3.63) is 40.5 Å². The lowest BCUT2D eigenvalue weighted by Gasteiger charge is -2.23. The smallest absolute Gasteiger partial charge is 0.254 e. The van der Waals surface area contributed by atoms with E-state index in [1.165, 1.54) is 17.7 Å². The number of carbonyl (C=O) groups excluding carboxylic acids is 2. The van der Waals surface area contributed by atoms with Crippen LogP contribution in [0.15, 0.2) is 24.5 Å². The largest absolute Gasteiger partial charge is 0.352 e. The molecule has 2 amide bonds. The molecule has 3 aliphatic carbocycles. The van der Waals surface area contributed by atoms with Crippen LogP contribution in [0.3, 0.4) is 0 Å². The monoisotopic (exact) mass is 477 g/mol. The van der Waals surface area contributed by atoms with Gasteiger partial charge in [0, 0.05) is 41.3 Å². The summed E-state index contributed by atoms with van der Waals surface area (Å²) in [5, 5.41) is 17.6. The number of pyridine rings is 1. The van der Waals surface area contributed by atoms with Crippen LogP contribution in [0.25, 0.3) is 11.4 Å². The van der Waals surface area contributed by atoms with Crippen molar-refractivity contribution in [2.45, 2.75) is 51.0 Å². The van der Waals surface area contributed by atoms with Crippen molar-refractivity contribution < 1.29 is 9.59 Å². The molecule has 2 saturated carbocycles. The first kappa shape index (κ1) is 21.3. The van der Waals surface area contributed by atoms with E-state index < -0.39 is 0 Å². The summed E-state index contributed by atoms with van der Waals surface area (Å²) >= 11 is 1.56. The van der Waals surface area contributed by atoms with E-state index in [1.54, 1.807) is 23.7 Å². The van der Waals surface area contributed by atoms with Gasteiger partial charge in [0.25, 0.3) is 5.91 Å². The molecule has 2 fully saturated rings. The maximum Gasteiger partial charge on any atom is 0.254 e. The van der Waals surface area contributed by atoms with Gasteiger partial charge in [-0.3, -0.25) is 19.7 Å². The number of anilines is 2. The molecule has 3 aliphatic rings. The molecule has 10 heteroatoms. The minimum atomic E-state index is -0.0760. The second-order valence-corrected chi connectivity index (χ2v) is 10.6. The minimum Gasteiger partial charge on any atom is -0.352 e. The number of thiophene rings is 1. The second kappa shape index (κ2) is 8.83. The van der Waals surface area contributed by atoms with Crippen molar-refractivity contribution >= 4 is 34.1 Å². The van der Waals surface area contributed by atoms with E-state index in [0.717, 1.165) is 36.8 Å². The SMILES string of the molecule is O=C(NCC1CC1)c1c(NC(=O)C2CC2)sc2c1CC(Nc1n[nH]c(-c3cccnc3)n1)CC2. The molecule has 9 nitrogen and oxygen atoms in total. The summed E-state index contributed by atoms with van der Waals surface area (Å²) in [6.45, 7) is 0.704. The maximum atomic E-state index is 13.2. The van der Waals surface area contributed by atoms with Crippen molar-refractivity contribution in [2.75, 3.05) is 17.2 Å². The number of nitrogens with one attached hydrogen (secondary N) is 4. The van der Waals surface area contributed by atoms with Gasteiger partial charge in [0.2, 0.25) is 11.9 Å². The molecule has 3 heterocycles. The first-order valence-electron chi connectivity index (χ1n) is 12.0. The zero-order valence-electron chi connectivity index (χ0n) is 18.8. The summed E-state index contributed by atoms with van der Waals surface area (Å²) in [5.41, 5.74) is 2.56. The number of aromatic amines is 1. The van der Waals surface area contributed by atoms with Gasteiger partial charge in [-0.05, 0) is 68.6 Å². The van der Waals surface area contributed by atoms with Crippen LogP contribution < -0.4 is 16.0 Å². The quantitative estimate of drug-likeness (QED) is 0.394. The molecule has 0 aliphatic heterocycles. The lowest BCUT2D eigenvalue weighted by atomic mass is 9.91. The average molecular weight is 478 g/mol. The van der Waals surface area contributed by atoms with E-state index >= 15 is 0 Å². The minimum absolute atomic E-state index is 0.0353. The summed E-state index contributed by atoms with van der Waals surface area (Å²) < 4.78 is 0. The Morgan fingerprint density at radius 1 is 1.18 bits per heavy atom. The van der Waals surface area contributed by atoms with Gasteiger partial charge >= 0.3 is 0 Å². The Kier molecular flexibility index (Phi) is 5.52. The van der Waals surface area contributed by atoms with Crippen molar-refractivity contribution in [2.24, 2.45) is 11.8 Å². The van der Waals surface area contributed by atoms with Crippen LogP contribution in [0.5, 0.6) is 0 Å². The fourth-order valence-corrected chi connectivity index (χ4v) is 5.63. The Morgan fingerprint density at radius 2 is 2.06 bits per heavy atom. The predicted octanol–water partition coefficient (Wildman–Crippen LogP) is 3.39. The van der Waals surface area contributed by atoms with Crippen molar-refractivity contribution in [1.82, 2.24) is 25.5 Å². The third-order valence-corrected chi connectivity index (χ3v) is 7.88. The highest BCUT2D eigenvalue weighted by molar-refractivity contribution is 7.17. The number of amides is 2. The van der Waals surface area contributed by atoms with E-state index in [4.69, 9.17) is 0 Å². The van der Waals surface area contributed by atoms with Gasteiger partial charge in [-0.15, -0.1) is 16.4 Å². The molecule has 0 aromatic carbocycles. The zero-order valence-corrected chi connectivity index (χ0v) is 19.6. The van der Waals surface area contributed by atoms with E-state index in [1.807, 2.05) is 12.1 Å². The summed E-state index contributed by atoms with van der Waals surface area (Å²) in [6, 6.07) is 3.89. The molecule has 34 heavy (non-hydrogen) atoms. The van der Waals surface area contributed by atoms with Crippen LogP contribution in [0, 0.1) is 11.8 Å². The van der Waals surface area contributed by atoms with Crippen LogP contribution in [-0.2, 0) is 17.6 Å². The van der Waals surface area contributed by atoms with E-state index in [0.29, 0.717) is 41.2 Å². The van der Waals surface area contributed by atoms with Crippen LogP contribution in [0.1, 0.15) is 52.9 Å². The summed E-state index contributed by atoms with van der Waals surface area (Å²) in [6.07, 6.45) is 10.1. The predicted molar refractivity (Wildman–Crippen MR) is 130 cm³/mol. The lowest BCUT2D eigenvalue weighted by molar-refractivity contribution is -0.117. The van der Waals surface area contributed by atoms with Gasteiger partial charge in [-0.2, -0.15) is 4.98 Å². The first-order valence-corrected chi connectivity index (χ1v) is 12.8. The molecule has 0 saturated heterocycles. The van der Waals surface area contributed by atoms with Gasteiger partial charge in [0.15, 0.2) is 5.82 Å². The highest BCUT2D eigenvalue weighted by Gasteiger charge is 2.34. The molecular formula is C24H27N7O2S. The number of carbonyl (C=O) groups is 2. The number of fused-ring (bicyclic) bond motifs is 1. The van der Waals surface area contributed by atoms with Crippen molar-refractivity contribution in [3.63, 3.8) is 0 Å². The van der Waals surface area contributed by atoms with E-state index in [9.17, 15) is 9.59 Å². The maximum absolute atomic E-state index is 13.2. The van der Waals surface area contributed by atoms with Gasteiger partial charge in [-0.1, -0.05) is 0 Å². The Morgan fingerprint density at radius 3 is 2.82 bits per heavy atom. The van der Waals surface area contributed by atoms with Crippen LogP contribution in [0.2, 0.25) is 0 Å². The summed E-state index contributed by atoms with van der Waals surface area (Å²) in [4.78, 5) is 35.6. The van der Waals surface area contributed by atoms with Crippen LogP contribution in [-0.4, -0.2) is 44.6 Å². The zero-order chi connectivity index (χ0) is 23.1. The second-order valence-electron chi connectivity index (χ2n) is 9.46. The number of aromatic nitrogens is 4. The fraction of sp³-hybridized carbons (Fsp3) is 0.458. The molecule has 0 bridgehead atoms. The van der Waals surface area contributed by atoms with E-state index in [2.05, 4.69) is 36.1 Å². The molecule has 176 valence electrons. The number of aryl methyl sites for hydroxylation is 1. The molecule has 1 atom stereocenters. The van der Waals surface area contributed by atoms with Gasteiger partial charge < -0.3 is 16.0 Å². The third kappa shape index (κ3) is 4.54. The van der Waals surface area contributed by atoms with Gasteiger partial charge in [-0.25, -0.2) is 0 Å². The molecule has 0 spiro atoms. The Labute approximate surface area is 201 Å². The van der Waals surface area contributed by atoms with Crippen molar-refractivity contribution in [3.8, 4) is 11.4 Å². The molecule has 4 N–H and O–H groups in total. The first-order chi connectivity index (χ1) is 16.6. The molecule has 6 rings (SSSR count). The van der Waals surface area contributed by atoms with Gasteiger partial charge in [0.05, 0.1) is 5.56 Å². The number of nitrogens with zero attached hydrogens (tertiary/aromatic N) is 3. The highest BCUT2D eigenvalue weighted by Crippen LogP contribution is 2.40. The molecule has 3 aromatic rings. The van der Waals surface area contributed by atoms with Gasteiger partial charge in [0.1, 0.15) is 5.00 Å². The molecule has 1 unspecified atom stereocenters. The molecule has 3 aromatic heterocycles. The standard InChI is InChI=1S/C24H27N7O2S/c32-21(14-5-6-14)29-23-19(22(33)26-11-13-3-4-13)17-10-16(7-8-18(17)34-23)27-24-28-20(30-31-24)15-2-1-9-25-12-15/h1-2,9,12-14,16H,3-8,10-11H2,(H,26,33)(H,29,32)(H2,27,28,30,31). The topological polar surface area (TPSA) is 125 Å². The number of hydrogen-bond acceptors (Lipinski definition) is 7. The Balaban J connectivity index is 1.21. The lowest BCUT2D eigenvalue weighted by Crippen LogP contribution is -2.31. The molecule has 0 radical (unpaired) electrons. The third-order valence-electron chi connectivity index (χ3n) is 6.67. The van der Waals surface area contributed by atoms with Crippen molar-refractivity contribution in [1.29, 1.82) is 0 Å². The average Bonchev–Trinajstić information content (AvgIpc) is 3.78. The number of hydrogen-bond donors (Lipinski definition) is 4. The van der Waals surface area contributed by atoms with E-state index in [-0.39, 0.29) is 23.8 Å². The number of H-pyrrole nitrogens is 1.